The van der Waals surface area contributed by atoms with Gasteiger partial charge in [0.05, 0.1) is 5.56 Å². The molecule has 0 spiro atoms. The Morgan fingerprint density at radius 1 is 1.05 bits per heavy atom. The zero-order chi connectivity index (χ0) is 13.8. The van der Waals surface area contributed by atoms with Gasteiger partial charge in [-0.25, -0.2) is 0 Å². The third kappa shape index (κ3) is 3.07. The largest absolute Gasteiger partial charge is 0.434 e. The molecule has 0 saturated heterocycles. The van der Waals surface area contributed by atoms with Gasteiger partial charge < -0.3 is 10.5 Å². The Labute approximate surface area is 108 Å². The van der Waals surface area contributed by atoms with Gasteiger partial charge in [0, 0.05) is 11.3 Å². The van der Waals surface area contributed by atoms with E-state index in [-0.39, 0.29) is 11.3 Å². The van der Waals surface area contributed by atoms with Gasteiger partial charge in [-0.2, -0.15) is 8.78 Å². The fraction of sp³-hybridized carbons (Fsp3) is 0.0714. The first-order chi connectivity index (χ1) is 9.08. The van der Waals surface area contributed by atoms with Crippen LogP contribution in [-0.4, -0.2) is 12.4 Å². The van der Waals surface area contributed by atoms with Crippen molar-refractivity contribution in [1.82, 2.24) is 0 Å². The number of hydrogen-bond acceptors (Lipinski definition) is 3. The maximum atomic E-state index is 12.3. The van der Waals surface area contributed by atoms with E-state index in [1.165, 1.54) is 30.3 Å². The van der Waals surface area contributed by atoms with Crippen molar-refractivity contribution in [2.45, 2.75) is 6.61 Å². The summed E-state index contributed by atoms with van der Waals surface area (Å²) in [5.74, 6) is -0.532. The monoisotopic (exact) mass is 263 g/mol. The van der Waals surface area contributed by atoms with Crippen LogP contribution in [0.25, 0.3) is 0 Å². The number of ketones is 1. The van der Waals surface area contributed by atoms with Gasteiger partial charge in [-0.15, -0.1) is 0 Å². The first-order valence-electron chi connectivity index (χ1n) is 5.52. The number of rotatable bonds is 4. The highest BCUT2D eigenvalue weighted by atomic mass is 19.3. The molecule has 0 aliphatic rings. The van der Waals surface area contributed by atoms with Crippen LogP contribution in [0.1, 0.15) is 15.9 Å². The van der Waals surface area contributed by atoms with Crippen LogP contribution in [0.2, 0.25) is 0 Å². The Balaban J connectivity index is 2.35. The van der Waals surface area contributed by atoms with Crippen molar-refractivity contribution in [2.24, 2.45) is 0 Å². The number of alkyl halides is 2. The number of halogens is 2. The van der Waals surface area contributed by atoms with Crippen molar-refractivity contribution in [1.29, 1.82) is 0 Å². The van der Waals surface area contributed by atoms with Crippen LogP contribution in [0, 0.1) is 0 Å². The minimum atomic E-state index is -2.97. The number of nitrogens with two attached hydrogens (primary N) is 1. The molecule has 0 aliphatic carbocycles. The van der Waals surface area contributed by atoms with Gasteiger partial charge in [0.15, 0.2) is 5.78 Å². The number of carbonyl (C=O) groups is 1. The number of hydrogen-bond donors (Lipinski definition) is 1. The molecular weight excluding hydrogens is 252 g/mol. The van der Waals surface area contributed by atoms with Crippen LogP contribution in [0.4, 0.5) is 14.5 Å². The van der Waals surface area contributed by atoms with Gasteiger partial charge >= 0.3 is 6.61 Å². The predicted octanol–water partition coefficient (Wildman–Crippen LogP) is 3.10. The molecule has 0 atom stereocenters. The van der Waals surface area contributed by atoms with E-state index in [1.54, 1.807) is 18.2 Å². The van der Waals surface area contributed by atoms with E-state index in [0.29, 0.717) is 11.3 Å². The number of nitrogen functional groups attached to an aromatic ring is 1. The third-order valence-corrected chi connectivity index (χ3v) is 2.52. The minimum Gasteiger partial charge on any atom is -0.434 e. The average Bonchev–Trinajstić information content (AvgIpc) is 2.39. The molecule has 2 aromatic rings. The predicted molar refractivity (Wildman–Crippen MR) is 67.4 cm³/mol. The van der Waals surface area contributed by atoms with E-state index in [0.717, 1.165) is 0 Å². The molecule has 2 N–H and O–H groups in total. The lowest BCUT2D eigenvalue weighted by molar-refractivity contribution is -0.0501. The van der Waals surface area contributed by atoms with Crippen molar-refractivity contribution in [2.75, 3.05) is 5.73 Å². The maximum Gasteiger partial charge on any atom is 0.387 e. The molecule has 3 nitrogen and oxygen atoms in total. The number of benzene rings is 2. The van der Waals surface area contributed by atoms with Crippen molar-refractivity contribution >= 4 is 11.5 Å². The summed E-state index contributed by atoms with van der Waals surface area (Å²) in [6, 6.07) is 12.1. The summed E-state index contributed by atoms with van der Waals surface area (Å²) in [7, 11) is 0. The van der Waals surface area contributed by atoms with Gasteiger partial charge in [-0.05, 0) is 36.4 Å². The first-order valence-corrected chi connectivity index (χ1v) is 5.52. The minimum absolute atomic E-state index is 0.0903. The van der Waals surface area contributed by atoms with Crippen molar-refractivity contribution in [3.8, 4) is 5.75 Å². The molecule has 0 aromatic heterocycles. The lowest BCUT2D eigenvalue weighted by Gasteiger charge is -2.09. The second-order valence-corrected chi connectivity index (χ2v) is 3.83. The Hall–Kier alpha value is -2.43. The molecule has 0 fully saturated rings. The average molecular weight is 263 g/mol. The quantitative estimate of drug-likeness (QED) is 0.681. The number of carbonyl (C=O) groups excluding carboxylic acids is 1. The van der Waals surface area contributed by atoms with Crippen LogP contribution in [0.5, 0.6) is 5.75 Å². The molecule has 0 amide bonds. The van der Waals surface area contributed by atoms with Crippen molar-refractivity contribution in [3.05, 3.63) is 59.7 Å². The zero-order valence-electron chi connectivity index (χ0n) is 9.85. The number of ether oxygens (including phenoxy) is 1. The molecule has 0 heterocycles. The second-order valence-electron chi connectivity index (χ2n) is 3.83. The SMILES string of the molecule is Nc1ccc(C(=O)c2ccccc2OC(F)F)cc1. The molecule has 0 saturated carbocycles. The molecule has 0 bridgehead atoms. The summed E-state index contributed by atoms with van der Waals surface area (Å²) in [5, 5.41) is 0. The summed E-state index contributed by atoms with van der Waals surface area (Å²) in [6.45, 7) is -2.97. The number of para-hydroxylation sites is 1. The summed E-state index contributed by atoms with van der Waals surface area (Å²) >= 11 is 0. The van der Waals surface area contributed by atoms with Crippen LogP contribution in [-0.2, 0) is 0 Å². The van der Waals surface area contributed by atoms with E-state index < -0.39 is 12.4 Å². The maximum absolute atomic E-state index is 12.3. The molecule has 98 valence electrons. The van der Waals surface area contributed by atoms with Crippen LogP contribution >= 0.6 is 0 Å². The Bertz CT molecular complexity index is 582. The molecule has 0 aliphatic heterocycles. The standard InChI is InChI=1S/C14H11F2NO2/c15-14(16)19-12-4-2-1-3-11(12)13(18)9-5-7-10(17)8-6-9/h1-8,14H,17H2. The second kappa shape index (κ2) is 5.48. The van der Waals surface area contributed by atoms with Gasteiger partial charge in [0.2, 0.25) is 0 Å². The first kappa shape index (κ1) is 13.0. The molecule has 2 aromatic carbocycles. The van der Waals surface area contributed by atoms with Gasteiger partial charge in [-0.1, -0.05) is 12.1 Å². The van der Waals surface area contributed by atoms with Gasteiger partial charge in [0.25, 0.3) is 0 Å². The highest BCUT2D eigenvalue weighted by Gasteiger charge is 2.16. The lowest BCUT2D eigenvalue weighted by atomic mass is 10.0. The Kier molecular flexibility index (Phi) is 3.75. The van der Waals surface area contributed by atoms with Gasteiger partial charge in [0.1, 0.15) is 5.75 Å². The fourth-order valence-electron chi connectivity index (χ4n) is 1.64. The molecule has 19 heavy (non-hydrogen) atoms. The van der Waals surface area contributed by atoms with Gasteiger partial charge in [-0.3, -0.25) is 4.79 Å². The summed E-state index contributed by atoms with van der Waals surface area (Å²) < 4.78 is 28.9. The molecule has 2 rings (SSSR count). The number of anilines is 1. The Morgan fingerprint density at radius 3 is 2.32 bits per heavy atom. The van der Waals surface area contributed by atoms with E-state index in [2.05, 4.69) is 4.74 Å². The van der Waals surface area contributed by atoms with Crippen LogP contribution in [0.3, 0.4) is 0 Å². The molecule has 0 unspecified atom stereocenters. The van der Waals surface area contributed by atoms with E-state index in [4.69, 9.17) is 5.73 Å². The summed E-state index contributed by atoms with van der Waals surface area (Å²) in [5.41, 5.74) is 6.50. The molecule has 0 radical (unpaired) electrons. The van der Waals surface area contributed by atoms with Crippen molar-refractivity contribution < 1.29 is 18.3 Å². The van der Waals surface area contributed by atoms with E-state index in [9.17, 15) is 13.6 Å². The zero-order valence-corrected chi connectivity index (χ0v) is 9.85. The third-order valence-electron chi connectivity index (χ3n) is 2.52. The van der Waals surface area contributed by atoms with Crippen LogP contribution < -0.4 is 10.5 Å². The van der Waals surface area contributed by atoms with Crippen molar-refractivity contribution in [3.63, 3.8) is 0 Å². The fourth-order valence-corrected chi connectivity index (χ4v) is 1.64. The molecular formula is C14H11F2NO2. The topological polar surface area (TPSA) is 52.3 Å². The van der Waals surface area contributed by atoms with E-state index in [1.807, 2.05) is 0 Å². The summed E-state index contributed by atoms with van der Waals surface area (Å²) in [4.78, 5) is 12.2. The highest BCUT2D eigenvalue weighted by molar-refractivity contribution is 6.10. The van der Waals surface area contributed by atoms with E-state index >= 15 is 0 Å². The summed E-state index contributed by atoms with van der Waals surface area (Å²) in [6.07, 6.45) is 0. The Morgan fingerprint density at radius 2 is 1.68 bits per heavy atom. The molecule has 5 heteroatoms. The lowest BCUT2D eigenvalue weighted by Crippen LogP contribution is -2.08. The highest BCUT2D eigenvalue weighted by Crippen LogP contribution is 2.23. The van der Waals surface area contributed by atoms with Crippen LogP contribution in [0.15, 0.2) is 48.5 Å². The normalized spacial score (nSPS) is 10.5. The smallest absolute Gasteiger partial charge is 0.387 e.